The molecule has 19 heavy (non-hydrogen) atoms. The smallest absolute Gasteiger partial charge is 0.364 e. The second-order valence-electron chi connectivity index (χ2n) is 3.88. The normalized spacial score (nSPS) is 11.4. The molecule has 7 heteroatoms. The second-order valence-corrected chi connectivity index (χ2v) is 3.88. The first-order valence-corrected chi connectivity index (χ1v) is 5.51. The van der Waals surface area contributed by atoms with Crippen LogP contribution in [0.5, 0.6) is 0 Å². The monoisotopic (exact) mass is 268 g/mol. The van der Waals surface area contributed by atoms with Crippen LogP contribution in [0.3, 0.4) is 0 Å². The molecule has 2 aromatic rings. The molecule has 0 bridgehead atoms. The van der Waals surface area contributed by atoms with E-state index in [1.54, 1.807) is 19.2 Å². The molecular weight excluding hydrogens is 257 g/mol. The number of anilines is 1. The fraction of sp³-hybridized carbons (Fsp3) is 0.250. The molecule has 0 aliphatic heterocycles. The van der Waals surface area contributed by atoms with E-state index < -0.39 is 11.7 Å². The zero-order valence-corrected chi connectivity index (χ0v) is 10.1. The quantitative estimate of drug-likeness (QED) is 0.930. The van der Waals surface area contributed by atoms with Crippen molar-refractivity contribution >= 4 is 5.82 Å². The lowest BCUT2D eigenvalue weighted by atomic mass is 10.3. The van der Waals surface area contributed by atoms with Gasteiger partial charge in [-0.15, -0.1) is 0 Å². The number of nitrogens with zero attached hydrogens (tertiary/aromatic N) is 3. The van der Waals surface area contributed by atoms with Crippen molar-refractivity contribution in [3.63, 3.8) is 0 Å². The lowest BCUT2D eigenvalue weighted by Gasteiger charge is -2.08. The molecule has 1 N–H and O–H groups in total. The summed E-state index contributed by atoms with van der Waals surface area (Å²) in [4.78, 5) is 11.8. The highest BCUT2D eigenvalue weighted by Gasteiger charge is 2.30. The number of hydrogen-bond donors (Lipinski definition) is 1. The first-order chi connectivity index (χ1) is 8.95. The standard InChI is InChI=1S/C12H11F3N4/c1-8-16-5-4-10(19-8)7-18-11-3-2-9(6-17-11)12(13,14)15/h2-6H,7H2,1H3,(H,17,18). The van der Waals surface area contributed by atoms with Crippen molar-refractivity contribution in [3.8, 4) is 0 Å². The van der Waals surface area contributed by atoms with Gasteiger partial charge in [0.05, 0.1) is 17.8 Å². The van der Waals surface area contributed by atoms with Crippen LogP contribution in [0, 0.1) is 6.92 Å². The average Bonchev–Trinajstić information content (AvgIpc) is 2.36. The number of nitrogens with one attached hydrogen (secondary N) is 1. The van der Waals surface area contributed by atoms with Crippen molar-refractivity contribution in [3.05, 3.63) is 47.7 Å². The molecule has 0 atom stereocenters. The molecule has 0 aliphatic rings. The highest BCUT2D eigenvalue weighted by Crippen LogP contribution is 2.28. The molecule has 0 fully saturated rings. The number of pyridine rings is 1. The summed E-state index contributed by atoms with van der Waals surface area (Å²) >= 11 is 0. The van der Waals surface area contributed by atoms with Crippen molar-refractivity contribution in [2.24, 2.45) is 0 Å². The van der Waals surface area contributed by atoms with Gasteiger partial charge in [0, 0.05) is 12.4 Å². The number of aromatic nitrogens is 3. The Kier molecular flexibility index (Phi) is 3.64. The summed E-state index contributed by atoms with van der Waals surface area (Å²) in [6, 6.07) is 4.00. The molecule has 4 nitrogen and oxygen atoms in total. The Hall–Kier alpha value is -2.18. The minimum Gasteiger partial charge on any atom is -0.364 e. The molecule has 0 radical (unpaired) electrons. The van der Waals surface area contributed by atoms with E-state index in [2.05, 4.69) is 20.3 Å². The van der Waals surface area contributed by atoms with Gasteiger partial charge in [-0.25, -0.2) is 15.0 Å². The van der Waals surface area contributed by atoms with Gasteiger partial charge >= 0.3 is 6.18 Å². The fourth-order valence-electron chi connectivity index (χ4n) is 1.45. The topological polar surface area (TPSA) is 50.7 Å². The third-order valence-electron chi connectivity index (χ3n) is 2.38. The van der Waals surface area contributed by atoms with Crippen molar-refractivity contribution in [1.82, 2.24) is 15.0 Å². The largest absolute Gasteiger partial charge is 0.417 e. The maximum atomic E-state index is 12.3. The number of alkyl halides is 3. The van der Waals surface area contributed by atoms with E-state index in [-0.39, 0.29) is 0 Å². The average molecular weight is 268 g/mol. The zero-order chi connectivity index (χ0) is 13.9. The van der Waals surface area contributed by atoms with Crippen molar-refractivity contribution in [1.29, 1.82) is 0 Å². The predicted octanol–water partition coefficient (Wildman–Crippen LogP) is 2.81. The summed E-state index contributed by atoms with van der Waals surface area (Å²) in [7, 11) is 0. The van der Waals surface area contributed by atoms with Crippen LogP contribution in [-0.2, 0) is 12.7 Å². The summed E-state index contributed by atoms with van der Waals surface area (Å²) in [5.74, 6) is 1.00. The third-order valence-corrected chi connectivity index (χ3v) is 2.38. The van der Waals surface area contributed by atoms with E-state index in [0.29, 0.717) is 18.2 Å². The van der Waals surface area contributed by atoms with Crippen LogP contribution >= 0.6 is 0 Å². The summed E-state index contributed by atoms with van der Waals surface area (Å²) in [5.41, 5.74) is -0.0230. The molecule has 0 aliphatic carbocycles. The van der Waals surface area contributed by atoms with E-state index in [1.165, 1.54) is 6.07 Å². The summed E-state index contributed by atoms with van der Waals surface area (Å²) in [5, 5.41) is 2.90. The van der Waals surface area contributed by atoms with Gasteiger partial charge in [0.2, 0.25) is 0 Å². The van der Waals surface area contributed by atoms with E-state index in [0.717, 1.165) is 18.0 Å². The van der Waals surface area contributed by atoms with Crippen LogP contribution in [0.15, 0.2) is 30.6 Å². The van der Waals surface area contributed by atoms with Crippen LogP contribution in [0.1, 0.15) is 17.1 Å². The lowest BCUT2D eigenvalue weighted by Crippen LogP contribution is -2.08. The minimum atomic E-state index is -4.37. The van der Waals surface area contributed by atoms with Gasteiger partial charge in [0.1, 0.15) is 11.6 Å². The Bertz CT molecular complexity index is 552. The first-order valence-electron chi connectivity index (χ1n) is 5.51. The Labute approximate surface area is 107 Å². The van der Waals surface area contributed by atoms with Gasteiger partial charge in [0.15, 0.2) is 0 Å². The number of aryl methyl sites for hydroxylation is 1. The van der Waals surface area contributed by atoms with E-state index in [9.17, 15) is 13.2 Å². The summed E-state index contributed by atoms with van der Waals surface area (Å²) in [6.45, 7) is 2.14. The highest BCUT2D eigenvalue weighted by molar-refractivity contribution is 5.36. The molecule has 0 saturated carbocycles. The molecule has 100 valence electrons. The maximum Gasteiger partial charge on any atom is 0.417 e. The van der Waals surface area contributed by atoms with Gasteiger partial charge in [-0.1, -0.05) is 0 Å². The van der Waals surface area contributed by atoms with Crippen LogP contribution in [0.2, 0.25) is 0 Å². The predicted molar refractivity (Wildman–Crippen MR) is 63.3 cm³/mol. The van der Waals surface area contributed by atoms with Crippen LogP contribution in [0.25, 0.3) is 0 Å². The van der Waals surface area contributed by atoms with Gasteiger partial charge < -0.3 is 5.32 Å². The molecule has 2 heterocycles. The molecule has 2 aromatic heterocycles. The molecule has 0 spiro atoms. The Morgan fingerprint density at radius 2 is 1.95 bits per heavy atom. The maximum absolute atomic E-state index is 12.3. The van der Waals surface area contributed by atoms with Gasteiger partial charge in [0.25, 0.3) is 0 Å². The Balaban J connectivity index is 2.01. The van der Waals surface area contributed by atoms with E-state index in [4.69, 9.17) is 0 Å². The molecule has 2 rings (SSSR count). The van der Waals surface area contributed by atoms with Gasteiger partial charge in [-0.3, -0.25) is 0 Å². The molecule has 0 saturated heterocycles. The van der Waals surface area contributed by atoms with Crippen molar-refractivity contribution in [2.45, 2.75) is 19.6 Å². The van der Waals surface area contributed by atoms with Crippen LogP contribution in [-0.4, -0.2) is 15.0 Å². The van der Waals surface area contributed by atoms with Crippen LogP contribution < -0.4 is 5.32 Å². The Morgan fingerprint density at radius 3 is 2.53 bits per heavy atom. The highest BCUT2D eigenvalue weighted by atomic mass is 19.4. The Morgan fingerprint density at radius 1 is 1.16 bits per heavy atom. The summed E-state index contributed by atoms with van der Waals surface area (Å²) in [6.07, 6.45) is -1.94. The number of rotatable bonds is 3. The van der Waals surface area contributed by atoms with E-state index in [1.807, 2.05) is 0 Å². The SMILES string of the molecule is Cc1nccc(CNc2ccc(C(F)(F)F)cn2)n1. The molecular formula is C12H11F3N4. The molecule has 0 amide bonds. The van der Waals surface area contributed by atoms with Crippen molar-refractivity contribution < 1.29 is 13.2 Å². The second kappa shape index (κ2) is 5.21. The third kappa shape index (κ3) is 3.64. The zero-order valence-electron chi connectivity index (χ0n) is 10.1. The number of hydrogen-bond acceptors (Lipinski definition) is 4. The fourth-order valence-corrected chi connectivity index (χ4v) is 1.45. The van der Waals surface area contributed by atoms with Gasteiger partial charge in [-0.05, 0) is 25.1 Å². The minimum absolute atomic E-state index is 0.365. The van der Waals surface area contributed by atoms with Crippen molar-refractivity contribution in [2.75, 3.05) is 5.32 Å². The number of halogens is 3. The lowest BCUT2D eigenvalue weighted by molar-refractivity contribution is -0.137. The van der Waals surface area contributed by atoms with Gasteiger partial charge in [-0.2, -0.15) is 13.2 Å². The summed E-state index contributed by atoms with van der Waals surface area (Å²) < 4.78 is 37.0. The van der Waals surface area contributed by atoms with Crippen LogP contribution in [0.4, 0.5) is 19.0 Å². The first kappa shape index (κ1) is 13.3. The molecule has 0 unspecified atom stereocenters. The molecule has 0 aromatic carbocycles. The van der Waals surface area contributed by atoms with E-state index >= 15 is 0 Å².